The van der Waals surface area contributed by atoms with Crippen molar-refractivity contribution in [3.63, 3.8) is 0 Å². The van der Waals surface area contributed by atoms with E-state index in [-0.39, 0.29) is 32.8 Å². The molecule has 60 heavy (non-hydrogen) atoms. The normalized spacial score (nSPS) is 19.5. The lowest BCUT2D eigenvalue weighted by atomic mass is 9.80. The van der Waals surface area contributed by atoms with E-state index in [1.165, 1.54) is 20.8 Å². The molecule has 1 fully saturated rings. The van der Waals surface area contributed by atoms with Gasteiger partial charge in [0.25, 0.3) is 0 Å². The summed E-state index contributed by atoms with van der Waals surface area (Å²) in [7, 11) is 3.24. The largest absolute Gasteiger partial charge is 0.497 e. The number of aliphatic hydroxyl groups excluding tert-OH is 1. The molecule has 0 unspecified atom stereocenters. The van der Waals surface area contributed by atoms with E-state index in [4.69, 9.17) is 48.4 Å². The number of methoxy groups -OCH3 is 2. The Morgan fingerprint density at radius 1 is 0.700 bits per heavy atom. The quantitative estimate of drug-likeness (QED) is 0.0501. The number of unbranched alkanes of at least 4 members (excludes halogenated alkanes) is 4. The molecule has 3 N–H and O–H groups in total. The molecule has 328 valence electrons. The van der Waals surface area contributed by atoms with Crippen molar-refractivity contribution in [3.8, 4) is 11.5 Å². The fourth-order valence-corrected chi connectivity index (χ4v) is 7.18. The molecule has 3 aromatic carbocycles. The summed E-state index contributed by atoms with van der Waals surface area (Å²) in [6, 6.07) is 25.2. The molecule has 0 aliphatic carbocycles. The summed E-state index contributed by atoms with van der Waals surface area (Å²) in [5.74, 6) is -2.11. The molecular formula is C45H59NO14. The zero-order valence-electron chi connectivity index (χ0n) is 35.1. The van der Waals surface area contributed by atoms with Crippen LogP contribution in [0, 0.1) is 5.92 Å². The maximum atomic E-state index is 12.1. The molecule has 1 aliphatic rings. The highest BCUT2D eigenvalue weighted by atomic mass is 16.7. The molecule has 1 amide bonds. The minimum atomic E-state index is -1.17. The zero-order valence-corrected chi connectivity index (χ0v) is 35.1. The molecule has 1 saturated heterocycles. The molecule has 0 bridgehead atoms. The number of esters is 3. The Bertz CT molecular complexity index is 1720. The van der Waals surface area contributed by atoms with Crippen molar-refractivity contribution in [1.82, 2.24) is 0 Å². The summed E-state index contributed by atoms with van der Waals surface area (Å²) in [6.45, 7) is 4.05. The molecule has 0 aromatic heterocycles. The van der Waals surface area contributed by atoms with E-state index in [9.17, 15) is 24.3 Å². The topological polar surface area (TPSA) is 198 Å². The number of hydrogen-bond acceptors (Lipinski definition) is 14. The van der Waals surface area contributed by atoms with Gasteiger partial charge in [0.05, 0.1) is 33.4 Å². The number of nitrogens with two attached hydrogens (primary N) is 1. The van der Waals surface area contributed by atoms with E-state index in [1.54, 1.807) is 14.2 Å². The van der Waals surface area contributed by atoms with Gasteiger partial charge >= 0.3 is 17.9 Å². The van der Waals surface area contributed by atoms with Crippen LogP contribution in [0.25, 0.3) is 0 Å². The predicted molar refractivity (Wildman–Crippen MR) is 218 cm³/mol. The van der Waals surface area contributed by atoms with Crippen LogP contribution in [0.4, 0.5) is 0 Å². The number of aliphatic hydroxyl groups is 1. The van der Waals surface area contributed by atoms with Gasteiger partial charge in [-0.15, -0.1) is 0 Å². The van der Waals surface area contributed by atoms with Crippen molar-refractivity contribution in [1.29, 1.82) is 0 Å². The zero-order chi connectivity index (χ0) is 43.5. The van der Waals surface area contributed by atoms with Gasteiger partial charge in [-0.1, -0.05) is 73.9 Å². The molecule has 6 atom stereocenters. The van der Waals surface area contributed by atoms with Crippen LogP contribution in [0.15, 0.2) is 78.9 Å². The Balaban J connectivity index is 1.27. The van der Waals surface area contributed by atoms with Crippen molar-refractivity contribution in [2.75, 3.05) is 47.3 Å². The van der Waals surface area contributed by atoms with Crippen molar-refractivity contribution in [3.05, 3.63) is 95.6 Å². The van der Waals surface area contributed by atoms with Crippen LogP contribution < -0.4 is 15.2 Å². The van der Waals surface area contributed by atoms with Crippen LogP contribution in [0.3, 0.4) is 0 Å². The molecule has 1 aliphatic heterocycles. The molecule has 15 heteroatoms. The first-order valence-corrected chi connectivity index (χ1v) is 20.1. The monoisotopic (exact) mass is 837 g/mol. The standard InChI is InChI=1S/C45H59NO14/c1-30(47)56-29-40-43(59-32(3)49)42(58-31(2)48)39(26-41(46)51)44(60-40)55-25-13-8-6-7-12-24-54-27-36(50)28-57-45(33-14-10-9-11-15-33,34-16-20-37(52-4)21-17-34)35-18-22-38(53-5)23-19-35/h9-11,14-23,36,39-40,42-44,50H,6-8,12-13,24-29H2,1-5H3,(H2,46,51)/t36-,39-,40-,42-,43+,44-/m1/s1. The molecule has 15 nitrogen and oxygen atoms in total. The summed E-state index contributed by atoms with van der Waals surface area (Å²) in [6.07, 6.45) is -1.63. The van der Waals surface area contributed by atoms with Crippen LogP contribution in [0.2, 0.25) is 0 Å². The van der Waals surface area contributed by atoms with Crippen molar-refractivity contribution < 1.29 is 66.9 Å². The van der Waals surface area contributed by atoms with Crippen LogP contribution >= 0.6 is 0 Å². The average Bonchev–Trinajstić information content (AvgIpc) is 3.23. The second-order valence-electron chi connectivity index (χ2n) is 14.5. The van der Waals surface area contributed by atoms with E-state index in [1.807, 2.05) is 78.9 Å². The Labute approximate surface area is 351 Å². The fraction of sp³-hybridized carbons (Fsp3) is 0.511. The van der Waals surface area contributed by atoms with Gasteiger partial charge in [-0.2, -0.15) is 0 Å². The third kappa shape index (κ3) is 14.0. The highest BCUT2D eigenvalue weighted by molar-refractivity contribution is 5.74. The van der Waals surface area contributed by atoms with Crippen molar-refractivity contribution >= 4 is 23.8 Å². The predicted octanol–water partition coefficient (Wildman–Crippen LogP) is 5.00. The van der Waals surface area contributed by atoms with Crippen LogP contribution in [0.1, 0.15) is 76.0 Å². The molecule has 0 radical (unpaired) electrons. The number of rotatable bonds is 25. The second-order valence-corrected chi connectivity index (χ2v) is 14.5. The number of carbonyl (C=O) groups excluding carboxylic acids is 4. The summed E-state index contributed by atoms with van der Waals surface area (Å²) in [4.78, 5) is 47.7. The smallest absolute Gasteiger partial charge is 0.303 e. The molecule has 3 aromatic rings. The lowest BCUT2D eigenvalue weighted by molar-refractivity contribution is -0.291. The Kier molecular flexibility index (Phi) is 19.3. The van der Waals surface area contributed by atoms with Gasteiger partial charge in [0.2, 0.25) is 5.91 Å². The van der Waals surface area contributed by atoms with E-state index in [0.717, 1.165) is 42.4 Å². The third-order valence-corrected chi connectivity index (χ3v) is 9.95. The highest BCUT2D eigenvalue weighted by Crippen LogP contribution is 2.42. The third-order valence-electron chi connectivity index (χ3n) is 9.95. The number of hydrogen-bond donors (Lipinski definition) is 2. The van der Waals surface area contributed by atoms with E-state index in [2.05, 4.69) is 0 Å². The summed E-state index contributed by atoms with van der Waals surface area (Å²) < 4.78 is 51.6. The molecule has 0 saturated carbocycles. The average molecular weight is 838 g/mol. The lowest BCUT2D eigenvalue weighted by Crippen LogP contribution is -2.59. The minimum absolute atomic E-state index is 0.00547. The molecular weight excluding hydrogens is 778 g/mol. The van der Waals surface area contributed by atoms with E-state index < -0.39 is 66.0 Å². The van der Waals surface area contributed by atoms with Gasteiger partial charge < -0.3 is 53.5 Å². The van der Waals surface area contributed by atoms with Gasteiger partial charge in [0.15, 0.2) is 12.4 Å². The Morgan fingerprint density at radius 2 is 1.23 bits per heavy atom. The first-order chi connectivity index (χ1) is 28.9. The SMILES string of the molecule is COc1ccc(C(OC[C@H](O)COCCCCCCCO[C@@H]2O[C@H](COC(C)=O)[C@H](OC(C)=O)[C@H](OC(C)=O)[C@H]2CC(N)=O)(c2ccccc2)c2ccc(OC)cc2)cc1. The van der Waals surface area contributed by atoms with Gasteiger partial charge in [-0.25, -0.2) is 0 Å². The number of primary amides is 1. The van der Waals surface area contributed by atoms with Gasteiger partial charge in [-0.3, -0.25) is 19.2 Å². The van der Waals surface area contributed by atoms with Gasteiger partial charge in [-0.05, 0) is 53.8 Å². The van der Waals surface area contributed by atoms with Crippen molar-refractivity contribution in [2.45, 2.75) is 95.6 Å². The maximum Gasteiger partial charge on any atom is 0.303 e. The fourth-order valence-electron chi connectivity index (χ4n) is 7.18. The Morgan fingerprint density at radius 3 is 1.77 bits per heavy atom. The first kappa shape index (κ1) is 47.6. The first-order valence-electron chi connectivity index (χ1n) is 20.1. The maximum absolute atomic E-state index is 12.1. The molecule has 4 rings (SSSR count). The number of benzene rings is 3. The Hall–Kier alpha value is -5.06. The van der Waals surface area contributed by atoms with Crippen LogP contribution in [0.5, 0.6) is 11.5 Å². The van der Waals surface area contributed by atoms with Crippen LogP contribution in [-0.4, -0.2) is 107 Å². The van der Waals surface area contributed by atoms with Crippen LogP contribution in [-0.2, 0) is 57.9 Å². The van der Waals surface area contributed by atoms with E-state index >= 15 is 0 Å². The summed E-state index contributed by atoms with van der Waals surface area (Å²) in [5, 5.41) is 11.1. The second kappa shape index (κ2) is 24.3. The lowest BCUT2D eigenvalue weighted by Gasteiger charge is -2.44. The number of ether oxygens (including phenoxy) is 9. The number of carbonyl (C=O) groups is 4. The summed E-state index contributed by atoms with van der Waals surface area (Å²) >= 11 is 0. The van der Waals surface area contributed by atoms with Crippen molar-refractivity contribution in [2.24, 2.45) is 11.7 Å². The highest BCUT2D eigenvalue weighted by Gasteiger charge is 2.51. The summed E-state index contributed by atoms with van der Waals surface area (Å²) in [5.41, 5.74) is 7.08. The molecule has 0 spiro atoms. The van der Waals surface area contributed by atoms with Gasteiger partial charge in [0.1, 0.15) is 42.0 Å². The van der Waals surface area contributed by atoms with E-state index in [0.29, 0.717) is 24.5 Å². The number of amides is 1. The van der Waals surface area contributed by atoms with Gasteiger partial charge in [0, 0.05) is 40.4 Å². The molecule has 1 heterocycles. The minimum Gasteiger partial charge on any atom is -0.497 e.